The Morgan fingerprint density at radius 3 is 2.41 bits per heavy atom. The number of hydrogen-bond donors (Lipinski definition) is 1. The molecule has 2 unspecified atom stereocenters. The molecular weight excluding hydrogens is 585 g/mol. The van der Waals surface area contributed by atoms with Gasteiger partial charge in [-0.2, -0.15) is 9.97 Å². The second-order valence-corrected chi connectivity index (χ2v) is 14.6. The standard InChI is InChI=1S/C36H42FN5O4/c1-35(2,3)46-34(44)42-23-10-11-24(42)19-41(18-23)32-28-13-12-27(29-17-25(43)16-22-8-6-7-9-26(22)29)30(37)31(28)38-33(39-32)45-21-36(14-15-36)20-40(4)5/h6-9,12-13,16-17,23-24,43H,10-11,14-15,18-21H2,1-5H3. The summed E-state index contributed by atoms with van der Waals surface area (Å²) in [4.78, 5) is 28.9. The smallest absolute Gasteiger partial charge is 0.410 e. The van der Waals surface area contributed by atoms with Crippen LogP contribution in [0.4, 0.5) is 15.0 Å². The Morgan fingerprint density at radius 1 is 1.02 bits per heavy atom. The van der Waals surface area contributed by atoms with Crippen molar-refractivity contribution >= 4 is 33.6 Å². The maximum absolute atomic E-state index is 16.8. The molecule has 1 aliphatic carbocycles. The fraction of sp³-hybridized carbons (Fsp3) is 0.472. The van der Waals surface area contributed by atoms with Gasteiger partial charge >= 0.3 is 12.1 Å². The predicted molar refractivity (Wildman–Crippen MR) is 177 cm³/mol. The molecule has 3 fully saturated rings. The van der Waals surface area contributed by atoms with Crippen molar-refractivity contribution in [1.82, 2.24) is 19.8 Å². The first kappa shape index (κ1) is 30.5. The fourth-order valence-electron chi connectivity index (χ4n) is 7.26. The number of benzene rings is 3. The number of carbonyl (C=O) groups is 1. The zero-order valence-corrected chi connectivity index (χ0v) is 27.2. The van der Waals surface area contributed by atoms with Crippen LogP contribution < -0.4 is 9.64 Å². The summed E-state index contributed by atoms with van der Waals surface area (Å²) >= 11 is 0. The molecule has 2 atom stereocenters. The fourth-order valence-corrected chi connectivity index (χ4v) is 7.26. The Morgan fingerprint density at radius 2 is 1.74 bits per heavy atom. The van der Waals surface area contributed by atoms with Crippen molar-refractivity contribution in [3.63, 3.8) is 0 Å². The summed E-state index contributed by atoms with van der Waals surface area (Å²) in [7, 11) is 4.11. The minimum atomic E-state index is -0.579. The third-order valence-electron chi connectivity index (χ3n) is 9.41. The molecule has 10 heteroatoms. The van der Waals surface area contributed by atoms with E-state index in [0.29, 0.717) is 42.0 Å². The molecule has 2 aliphatic heterocycles. The third-order valence-corrected chi connectivity index (χ3v) is 9.41. The van der Waals surface area contributed by atoms with Crippen LogP contribution in [0.3, 0.4) is 0 Å². The summed E-state index contributed by atoms with van der Waals surface area (Å²) in [5.74, 6) is 0.172. The number of halogens is 1. The number of piperazine rings is 1. The van der Waals surface area contributed by atoms with Crippen molar-refractivity contribution in [2.24, 2.45) is 5.41 Å². The summed E-state index contributed by atoms with van der Waals surface area (Å²) in [5.41, 5.74) is 0.566. The second-order valence-electron chi connectivity index (χ2n) is 14.6. The predicted octanol–water partition coefficient (Wildman–Crippen LogP) is 6.60. The molecular formula is C36H42FN5O4. The van der Waals surface area contributed by atoms with Gasteiger partial charge in [0.05, 0.1) is 18.7 Å². The molecule has 2 bridgehead atoms. The van der Waals surface area contributed by atoms with Gasteiger partial charge < -0.3 is 24.4 Å². The molecule has 1 saturated carbocycles. The number of fused-ring (bicyclic) bond motifs is 4. The summed E-state index contributed by atoms with van der Waals surface area (Å²) in [6.07, 6.45) is 3.56. The number of carbonyl (C=O) groups excluding carboxylic acids is 1. The van der Waals surface area contributed by atoms with E-state index in [1.54, 1.807) is 18.2 Å². The van der Waals surface area contributed by atoms with E-state index in [0.717, 1.165) is 43.0 Å². The minimum absolute atomic E-state index is 0.0411. The van der Waals surface area contributed by atoms with Crippen molar-refractivity contribution in [3.8, 4) is 22.9 Å². The Labute approximate surface area is 268 Å². The molecule has 7 rings (SSSR count). The first-order valence-corrected chi connectivity index (χ1v) is 16.2. The number of aromatic hydroxyl groups is 1. The number of phenolic OH excluding ortho intramolecular Hbond substituents is 1. The number of amides is 1. The van der Waals surface area contributed by atoms with Crippen LogP contribution in [0.25, 0.3) is 32.8 Å². The van der Waals surface area contributed by atoms with Gasteiger partial charge in [-0.15, -0.1) is 0 Å². The van der Waals surface area contributed by atoms with Crippen LogP contribution in [0, 0.1) is 11.2 Å². The molecule has 0 spiro atoms. The number of aromatic nitrogens is 2. The Hall–Kier alpha value is -4.18. The average molecular weight is 628 g/mol. The quantitative estimate of drug-likeness (QED) is 0.245. The van der Waals surface area contributed by atoms with E-state index in [1.165, 1.54) is 0 Å². The van der Waals surface area contributed by atoms with Gasteiger partial charge in [0.2, 0.25) is 0 Å². The molecule has 0 radical (unpaired) electrons. The lowest BCUT2D eigenvalue weighted by atomic mass is 9.96. The van der Waals surface area contributed by atoms with Gasteiger partial charge in [0, 0.05) is 36.0 Å². The second kappa shape index (κ2) is 11.3. The van der Waals surface area contributed by atoms with E-state index in [4.69, 9.17) is 14.5 Å². The molecule has 3 aliphatic rings. The highest BCUT2D eigenvalue weighted by atomic mass is 19.1. The maximum atomic E-state index is 16.8. The Bertz CT molecular complexity index is 1800. The van der Waals surface area contributed by atoms with Crippen molar-refractivity contribution in [1.29, 1.82) is 0 Å². The molecule has 2 saturated heterocycles. The van der Waals surface area contributed by atoms with Gasteiger partial charge in [0.15, 0.2) is 5.82 Å². The molecule has 4 aromatic rings. The summed E-state index contributed by atoms with van der Waals surface area (Å²) in [6.45, 7) is 8.08. The largest absolute Gasteiger partial charge is 0.508 e. The van der Waals surface area contributed by atoms with Crippen LogP contribution in [0.5, 0.6) is 11.8 Å². The Balaban J connectivity index is 1.29. The number of phenols is 1. The van der Waals surface area contributed by atoms with Crippen LogP contribution in [-0.4, -0.2) is 89.0 Å². The van der Waals surface area contributed by atoms with Crippen molar-refractivity contribution in [2.45, 2.75) is 64.1 Å². The van der Waals surface area contributed by atoms with Crippen LogP contribution in [0.15, 0.2) is 48.5 Å². The highest BCUT2D eigenvalue weighted by Crippen LogP contribution is 2.46. The minimum Gasteiger partial charge on any atom is -0.508 e. The molecule has 3 aromatic carbocycles. The SMILES string of the molecule is CN(C)CC1(COc2nc(N3CC4CCC(C3)N4C(=O)OC(C)(C)C)c3ccc(-c4cc(O)cc5ccccc45)c(F)c3n2)CC1. The lowest BCUT2D eigenvalue weighted by Crippen LogP contribution is -2.57. The first-order valence-electron chi connectivity index (χ1n) is 16.2. The maximum Gasteiger partial charge on any atom is 0.410 e. The van der Waals surface area contributed by atoms with E-state index in [1.807, 2.05) is 56.0 Å². The van der Waals surface area contributed by atoms with E-state index in [-0.39, 0.29) is 40.9 Å². The van der Waals surface area contributed by atoms with Gasteiger partial charge in [0.25, 0.3) is 0 Å². The van der Waals surface area contributed by atoms with E-state index < -0.39 is 11.4 Å². The summed E-state index contributed by atoms with van der Waals surface area (Å²) < 4.78 is 28.8. The summed E-state index contributed by atoms with van der Waals surface area (Å²) in [5, 5.41) is 12.7. The molecule has 242 valence electrons. The van der Waals surface area contributed by atoms with Gasteiger partial charge in [-0.25, -0.2) is 9.18 Å². The highest BCUT2D eigenvalue weighted by Gasteiger charge is 2.46. The number of nitrogens with zero attached hydrogens (tertiary/aromatic N) is 5. The van der Waals surface area contributed by atoms with Crippen molar-refractivity contribution in [2.75, 3.05) is 45.2 Å². The van der Waals surface area contributed by atoms with Gasteiger partial charge in [-0.1, -0.05) is 30.3 Å². The van der Waals surface area contributed by atoms with Crippen LogP contribution in [-0.2, 0) is 4.74 Å². The number of anilines is 1. The number of hydrogen-bond acceptors (Lipinski definition) is 8. The van der Waals surface area contributed by atoms with Crippen LogP contribution in [0.1, 0.15) is 46.5 Å². The van der Waals surface area contributed by atoms with Gasteiger partial charge in [-0.3, -0.25) is 4.90 Å². The topological polar surface area (TPSA) is 91.3 Å². The van der Waals surface area contributed by atoms with Crippen LogP contribution >= 0.6 is 0 Å². The molecule has 1 aromatic heterocycles. The zero-order chi connectivity index (χ0) is 32.4. The molecule has 46 heavy (non-hydrogen) atoms. The van der Waals surface area contributed by atoms with E-state index >= 15 is 4.39 Å². The first-order chi connectivity index (χ1) is 21.9. The molecule has 1 amide bonds. The lowest BCUT2D eigenvalue weighted by molar-refractivity contribution is 0.0122. The van der Waals surface area contributed by atoms with Crippen molar-refractivity contribution < 1.29 is 23.8 Å². The van der Waals surface area contributed by atoms with Gasteiger partial charge in [-0.05, 0) is 95.1 Å². The Kier molecular flexibility index (Phi) is 7.46. The summed E-state index contributed by atoms with van der Waals surface area (Å²) in [6, 6.07) is 14.6. The molecule has 3 heterocycles. The zero-order valence-electron chi connectivity index (χ0n) is 27.2. The molecule has 1 N–H and O–H groups in total. The van der Waals surface area contributed by atoms with Gasteiger partial charge in [0.1, 0.15) is 22.7 Å². The third kappa shape index (κ3) is 5.79. The molecule has 9 nitrogen and oxygen atoms in total. The average Bonchev–Trinajstić information content (AvgIpc) is 3.69. The number of ether oxygens (including phenoxy) is 2. The highest BCUT2D eigenvalue weighted by molar-refractivity contribution is 6.01. The van der Waals surface area contributed by atoms with Crippen molar-refractivity contribution in [3.05, 3.63) is 54.3 Å². The lowest BCUT2D eigenvalue weighted by Gasteiger charge is -2.42. The number of rotatable bonds is 7. The van der Waals surface area contributed by atoms with Crippen LogP contribution in [0.2, 0.25) is 0 Å². The monoisotopic (exact) mass is 627 g/mol. The van der Waals surface area contributed by atoms with E-state index in [9.17, 15) is 9.90 Å². The normalized spacial score (nSPS) is 20.5. The van der Waals surface area contributed by atoms with E-state index in [2.05, 4.69) is 28.9 Å².